The summed E-state index contributed by atoms with van der Waals surface area (Å²) in [7, 11) is 0. The normalized spacial score (nSPS) is 21.7. The van der Waals surface area contributed by atoms with E-state index in [1.807, 2.05) is 19.9 Å². The number of nitrogens with zero attached hydrogens (tertiary/aromatic N) is 5. The van der Waals surface area contributed by atoms with Crippen molar-refractivity contribution in [3.8, 4) is 0 Å². The molecule has 2 amide bonds. The summed E-state index contributed by atoms with van der Waals surface area (Å²) in [6.07, 6.45) is 8.45. The minimum atomic E-state index is -2.73. The molecule has 9 nitrogen and oxygen atoms in total. The number of fused-ring (bicyclic) bond motifs is 1. The summed E-state index contributed by atoms with van der Waals surface area (Å²) in [6.45, 7) is 3.84. The minimum Gasteiger partial charge on any atom is -0.349 e. The Balaban J connectivity index is 1.24. The molecule has 6 rings (SSSR count). The molecule has 2 N–H and O–H groups in total. The van der Waals surface area contributed by atoms with Gasteiger partial charge in [-0.25, -0.2) is 27.1 Å². The maximum absolute atomic E-state index is 14.1. The number of hydrogen-bond donors (Lipinski definition) is 2. The van der Waals surface area contributed by atoms with Crippen molar-refractivity contribution in [3.05, 3.63) is 47.7 Å². The second kappa shape index (κ2) is 12.4. The number of alkyl halides is 4. The highest BCUT2D eigenvalue weighted by Gasteiger charge is 2.46. The molecule has 3 saturated carbocycles. The Morgan fingerprint density at radius 3 is 2.38 bits per heavy atom. The molecule has 3 aromatic heterocycles. The van der Waals surface area contributed by atoms with E-state index in [4.69, 9.17) is 4.98 Å². The average molecular weight is 632 g/mol. The molecule has 3 aliphatic rings. The van der Waals surface area contributed by atoms with Crippen LogP contribution in [0.15, 0.2) is 30.7 Å². The highest BCUT2D eigenvalue weighted by molar-refractivity contribution is 5.92. The Kier molecular flexibility index (Phi) is 8.64. The molecule has 13 heteroatoms. The fraction of sp³-hybridized carbons (Fsp3) is 0.656. The summed E-state index contributed by atoms with van der Waals surface area (Å²) in [5.41, 5.74) is 2.16. The lowest BCUT2D eigenvalue weighted by Gasteiger charge is -2.35. The van der Waals surface area contributed by atoms with Crippen LogP contribution in [0.2, 0.25) is 0 Å². The number of aromatic nitrogens is 5. The van der Waals surface area contributed by atoms with Crippen molar-refractivity contribution in [3.63, 3.8) is 0 Å². The third-order valence-electron chi connectivity index (χ3n) is 9.77. The second-order valence-corrected chi connectivity index (χ2v) is 13.6. The van der Waals surface area contributed by atoms with Crippen molar-refractivity contribution in [2.45, 2.75) is 114 Å². The van der Waals surface area contributed by atoms with Gasteiger partial charge in [-0.05, 0) is 68.6 Å². The molecule has 0 aromatic carbocycles. The number of hydrogen-bond acceptors (Lipinski definition) is 5. The highest BCUT2D eigenvalue weighted by Crippen LogP contribution is 2.44. The van der Waals surface area contributed by atoms with Gasteiger partial charge in [-0.2, -0.15) is 10.2 Å². The highest BCUT2D eigenvalue weighted by atomic mass is 19.3. The summed E-state index contributed by atoms with van der Waals surface area (Å²) in [4.78, 5) is 31.2. The maximum atomic E-state index is 14.1. The van der Waals surface area contributed by atoms with Gasteiger partial charge in [0.1, 0.15) is 5.69 Å². The van der Waals surface area contributed by atoms with Crippen LogP contribution in [-0.2, 0) is 4.79 Å². The fourth-order valence-electron chi connectivity index (χ4n) is 6.98. The molecule has 0 spiro atoms. The average Bonchev–Trinajstić information content (AvgIpc) is 3.59. The van der Waals surface area contributed by atoms with E-state index < -0.39 is 17.9 Å². The first-order valence-electron chi connectivity index (χ1n) is 16.1. The lowest BCUT2D eigenvalue weighted by Crippen LogP contribution is -2.39. The van der Waals surface area contributed by atoms with Crippen LogP contribution < -0.4 is 10.6 Å². The zero-order valence-electron chi connectivity index (χ0n) is 25.7. The van der Waals surface area contributed by atoms with Crippen LogP contribution in [0.4, 0.5) is 17.6 Å². The molecule has 0 radical (unpaired) electrons. The molecule has 2 atom stereocenters. The third kappa shape index (κ3) is 7.17. The number of nitrogens with one attached hydrogen (secondary N) is 2. The first-order chi connectivity index (χ1) is 21.4. The van der Waals surface area contributed by atoms with Crippen LogP contribution in [0.3, 0.4) is 0 Å². The van der Waals surface area contributed by atoms with Crippen molar-refractivity contribution in [1.82, 2.24) is 35.0 Å². The van der Waals surface area contributed by atoms with Crippen LogP contribution in [0, 0.1) is 17.8 Å². The molecule has 0 saturated heterocycles. The first kappa shape index (κ1) is 31.5. The van der Waals surface area contributed by atoms with Gasteiger partial charge in [0.2, 0.25) is 17.8 Å². The Morgan fingerprint density at radius 1 is 1.00 bits per heavy atom. The zero-order chi connectivity index (χ0) is 31.9. The Bertz CT molecular complexity index is 1510. The summed E-state index contributed by atoms with van der Waals surface area (Å²) in [5.74, 6) is -6.12. The fourth-order valence-corrected chi connectivity index (χ4v) is 6.98. The number of imidazole rings is 1. The van der Waals surface area contributed by atoms with E-state index in [0.717, 1.165) is 31.2 Å². The topological polar surface area (TPSA) is 106 Å². The lowest BCUT2D eigenvalue weighted by molar-refractivity contribution is -0.134. The van der Waals surface area contributed by atoms with Crippen molar-refractivity contribution in [2.75, 3.05) is 0 Å². The zero-order valence-corrected chi connectivity index (χ0v) is 25.7. The van der Waals surface area contributed by atoms with Gasteiger partial charge < -0.3 is 10.6 Å². The number of carbonyl (C=O) groups is 2. The van der Waals surface area contributed by atoms with Crippen molar-refractivity contribution >= 4 is 17.5 Å². The molecule has 0 aliphatic heterocycles. The molecular formula is C32H41F4N7O2. The quantitative estimate of drug-likeness (QED) is 0.233. The molecule has 3 aromatic rings. The maximum Gasteiger partial charge on any atom is 0.270 e. The SMILES string of the molecule is CC(C)n1nccc1C(=O)N[C@H](c1cn2ncc([C@@H](CC3CCC3)NC(=O)CC3CC(F)(F)C3)cc2n1)C1CCC(F)(F)CC1. The van der Waals surface area contributed by atoms with Crippen molar-refractivity contribution in [2.24, 2.45) is 17.8 Å². The lowest BCUT2D eigenvalue weighted by atomic mass is 9.78. The predicted octanol–water partition coefficient (Wildman–Crippen LogP) is 6.59. The van der Waals surface area contributed by atoms with Gasteiger partial charge in [0.25, 0.3) is 5.91 Å². The molecule has 3 heterocycles. The first-order valence-corrected chi connectivity index (χ1v) is 16.1. The van der Waals surface area contributed by atoms with Gasteiger partial charge in [0.15, 0.2) is 5.65 Å². The Morgan fingerprint density at radius 2 is 1.73 bits per heavy atom. The number of carbonyl (C=O) groups excluding carboxylic acids is 2. The smallest absolute Gasteiger partial charge is 0.270 e. The van der Waals surface area contributed by atoms with Gasteiger partial charge in [0, 0.05) is 44.3 Å². The summed E-state index contributed by atoms with van der Waals surface area (Å²) in [5, 5.41) is 15.0. The number of halogens is 4. The third-order valence-corrected chi connectivity index (χ3v) is 9.77. The molecular weight excluding hydrogens is 590 g/mol. The molecule has 3 fully saturated rings. The van der Waals surface area contributed by atoms with Gasteiger partial charge in [-0.3, -0.25) is 14.3 Å². The monoisotopic (exact) mass is 631 g/mol. The van der Waals surface area contributed by atoms with Gasteiger partial charge in [-0.1, -0.05) is 19.3 Å². The van der Waals surface area contributed by atoms with E-state index in [0.29, 0.717) is 23.0 Å². The van der Waals surface area contributed by atoms with Crippen LogP contribution in [-0.4, -0.2) is 48.0 Å². The summed E-state index contributed by atoms with van der Waals surface area (Å²) >= 11 is 0. The Labute approximate surface area is 259 Å². The molecule has 45 heavy (non-hydrogen) atoms. The van der Waals surface area contributed by atoms with Crippen molar-refractivity contribution in [1.29, 1.82) is 0 Å². The molecule has 244 valence electrons. The van der Waals surface area contributed by atoms with Crippen LogP contribution >= 0.6 is 0 Å². The largest absolute Gasteiger partial charge is 0.349 e. The van der Waals surface area contributed by atoms with E-state index in [1.54, 1.807) is 33.9 Å². The van der Waals surface area contributed by atoms with Crippen molar-refractivity contribution < 1.29 is 27.2 Å². The van der Waals surface area contributed by atoms with E-state index >= 15 is 0 Å². The standard InChI is InChI=1S/C32H41F4N7O2/c1-19(2)43-26(8-11-37-43)30(45)41-29(22-6-9-31(33,34)10-7-22)25-18-42-27(39-25)14-23(17-38-42)24(12-20-4-3-5-20)40-28(44)13-21-15-32(35,36)16-21/h8,11,14,17-22,24,29H,3-7,9-10,12-13,15-16H2,1-2H3,(H,40,44)(H,41,45)/t24-,29+/m1/s1. The minimum absolute atomic E-state index is 0.0478. The predicted molar refractivity (Wildman–Crippen MR) is 158 cm³/mol. The number of amides is 2. The molecule has 3 aliphatic carbocycles. The van der Waals surface area contributed by atoms with E-state index in [1.165, 1.54) is 0 Å². The van der Waals surface area contributed by atoms with E-state index in [2.05, 4.69) is 20.8 Å². The van der Waals surface area contributed by atoms with Gasteiger partial charge >= 0.3 is 0 Å². The summed E-state index contributed by atoms with van der Waals surface area (Å²) < 4.78 is 58.1. The number of rotatable bonds is 11. The van der Waals surface area contributed by atoms with Gasteiger partial charge in [0.05, 0.1) is 30.2 Å². The van der Waals surface area contributed by atoms with E-state index in [-0.39, 0.29) is 80.7 Å². The van der Waals surface area contributed by atoms with Crippen LogP contribution in [0.1, 0.15) is 124 Å². The summed E-state index contributed by atoms with van der Waals surface area (Å²) in [6, 6.07) is 2.47. The van der Waals surface area contributed by atoms with Crippen LogP contribution in [0.5, 0.6) is 0 Å². The molecule has 0 bridgehead atoms. The second-order valence-electron chi connectivity index (χ2n) is 13.6. The van der Waals surface area contributed by atoms with Crippen LogP contribution in [0.25, 0.3) is 5.65 Å². The van der Waals surface area contributed by atoms with Gasteiger partial charge in [-0.15, -0.1) is 0 Å². The Hall–Kier alpha value is -3.51. The van der Waals surface area contributed by atoms with E-state index in [9.17, 15) is 27.2 Å². The molecule has 0 unspecified atom stereocenters.